The molecule has 0 unspecified atom stereocenters. The standard InChI is InChI=1S/C51H48N2/c1-3-15-35(16-4-1)33-51(34-36-17-5-2-6-18-36)45-31-37(52-47-23-11-7-19-41(47)42-20-8-12-24-48(42)52)27-29-39(45)40-30-28-38(32-46(40)51)53-49-25-13-9-21-43(49)44-22-10-14-26-50(44)53/h7-14,19-32,35-36H,1-6,15-18,33-34H2. The van der Waals surface area contributed by atoms with Gasteiger partial charge in [0.05, 0.1) is 22.1 Å². The van der Waals surface area contributed by atoms with E-state index in [-0.39, 0.29) is 5.41 Å². The third-order valence-corrected chi connectivity index (χ3v) is 13.7. The number of rotatable bonds is 6. The maximum atomic E-state index is 2.65. The fourth-order valence-electron chi connectivity index (χ4n) is 11.4. The molecular weight excluding hydrogens is 641 g/mol. The Hall–Kier alpha value is -5.08. The Labute approximate surface area is 313 Å². The highest BCUT2D eigenvalue weighted by Gasteiger charge is 2.46. The molecule has 11 rings (SSSR count). The van der Waals surface area contributed by atoms with Crippen LogP contribution in [0.2, 0.25) is 0 Å². The number of para-hydroxylation sites is 4. The maximum absolute atomic E-state index is 2.65. The second-order valence-electron chi connectivity index (χ2n) is 16.7. The normalized spacial score (nSPS) is 17.6. The number of hydrogen-bond acceptors (Lipinski definition) is 0. The molecule has 2 saturated carbocycles. The van der Waals surface area contributed by atoms with Gasteiger partial charge in [0.15, 0.2) is 0 Å². The van der Waals surface area contributed by atoms with Gasteiger partial charge in [-0.2, -0.15) is 0 Å². The quantitative estimate of drug-likeness (QED) is 0.165. The molecule has 3 aliphatic carbocycles. The van der Waals surface area contributed by atoms with Gasteiger partial charge in [-0.15, -0.1) is 0 Å². The summed E-state index contributed by atoms with van der Waals surface area (Å²) >= 11 is 0. The number of benzene rings is 6. The Balaban J connectivity index is 1.17. The smallest absolute Gasteiger partial charge is 0.0541 e. The van der Waals surface area contributed by atoms with E-state index in [0.29, 0.717) is 0 Å². The molecule has 262 valence electrons. The summed E-state index contributed by atoms with van der Waals surface area (Å²) < 4.78 is 5.09. The fraction of sp³-hybridized carbons (Fsp3) is 0.294. The van der Waals surface area contributed by atoms with Crippen LogP contribution in [0.25, 0.3) is 66.1 Å². The summed E-state index contributed by atoms with van der Waals surface area (Å²) in [7, 11) is 0. The summed E-state index contributed by atoms with van der Waals surface area (Å²) in [5, 5.41) is 5.33. The Bertz CT molecular complexity index is 2360. The van der Waals surface area contributed by atoms with Gasteiger partial charge in [0.25, 0.3) is 0 Å². The monoisotopic (exact) mass is 688 g/mol. The highest BCUT2D eigenvalue weighted by Crippen LogP contribution is 2.58. The van der Waals surface area contributed by atoms with Crippen LogP contribution in [0.5, 0.6) is 0 Å². The van der Waals surface area contributed by atoms with E-state index in [9.17, 15) is 0 Å². The van der Waals surface area contributed by atoms with E-state index in [1.54, 1.807) is 11.1 Å². The fourth-order valence-corrected chi connectivity index (χ4v) is 11.4. The molecule has 2 nitrogen and oxygen atoms in total. The second kappa shape index (κ2) is 12.5. The van der Waals surface area contributed by atoms with Crippen molar-refractivity contribution in [1.29, 1.82) is 0 Å². The van der Waals surface area contributed by atoms with Gasteiger partial charge in [0.1, 0.15) is 0 Å². The summed E-state index contributed by atoms with van der Waals surface area (Å²) in [5.41, 5.74) is 13.9. The zero-order valence-electron chi connectivity index (χ0n) is 30.7. The summed E-state index contributed by atoms with van der Waals surface area (Å²) in [4.78, 5) is 0. The lowest BCUT2D eigenvalue weighted by Gasteiger charge is -2.40. The topological polar surface area (TPSA) is 9.86 Å². The first-order valence-corrected chi connectivity index (χ1v) is 20.5. The molecule has 0 aliphatic heterocycles. The van der Waals surface area contributed by atoms with Crippen LogP contribution in [0.4, 0.5) is 0 Å². The van der Waals surface area contributed by atoms with E-state index in [0.717, 1.165) is 11.8 Å². The van der Waals surface area contributed by atoms with Crippen molar-refractivity contribution >= 4 is 43.6 Å². The third kappa shape index (κ3) is 4.91. The molecule has 2 aromatic heterocycles. The predicted octanol–water partition coefficient (Wildman–Crippen LogP) is 14.1. The molecule has 2 heterocycles. The van der Waals surface area contributed by atoms with Crippen LogP contribution in [0.15, 0.2) is 133 Å². The zero-order valence-corrected chi connectivity index (χ0v) is 30.7. The first-order valence-electron chi connectivity index (χ1n) is 20.5. The lowest BCUT2D eigenvalue weighted by Crippen LogP contribution is -2.33. The molecule has 3 aliphatic rings. The van der Waals surface area contributed by atoms with Crippen molar-refractivity contribution in [3.05, 3.63) is 145 Å². The van der Waals surface area contributed by atoms with Crippen LogP contribution in [-0.4, -0.2) is 9.13 Å². The van der Waals surface area contributed by atoms with Crippen molar-refractivity contribution in [3.8, 4) is 22.5 Å². The highest BCUT2D eigenvalue weighted by atomic mass is 15.0. The Morgan fingerprint density at radius 1 is 0.396 bits per heavy atom. The minimum absolute atomic E-state index is 0.0157. The molecule has 0 saturated heterocycles. The van der Waals surface area contributed by atoms with Gasteiger partial charge in [-0.05, 0) is 95.5 Å². The van der Waals surface area contributed by atoms with Gasteiger partial charge in [-0.25, -0.2) is 0 Å². The number of hydrogen-bond donors (Lipinski definition) is 0. The Morgan fingerprint density at radius 2 is 0.736 bits per heavy atom. The van der Waals surface area contributed by atoms with E-state index >= 15 is 0 Å². The van der Waals surface area contributed by atoms with Crippen molar-refractivity contribution in [2.45, 2.75) is 82.5 Å². The van der Waals surface area contributed by atoms with Gasteiger partial charge in [-0.3, -0.25) is 0 Å². The van der Waals surface area contributed by atoms with Gasteiger partial charge in [0, 0.05) is 38.3 Å². The largest absolute Gasteiger partial charge is 0.309 e. The third-order valence-electron chi connectivity index (χ3n) is 13.7. The molecule has 53 heavy (non-hydrogen) atoms. The van der Waals surface area contributed by atoms with Crippen LogP contribution in [0.1, 0.15) is 88.2 Å². The van der Waals surface area contributed by atoms with Gasteiger partial charge < -0.3 is 9.13 Å². The van der Waals surface area contributed by atoms with Gasteiger partial charge in [0.2, 0.25) is 0 Å². The minimum atomic E-state index is -0.0157. The Kier molecular flexibility index (Phi) is 7.42. The molecule has 0 N–H and O–H groups in total. The minimum Gasteiger partial charge on any atom is -0.309 e. The SMILES string of the molecule is c1ccc2c(c1)c1ccccc1n2-c1ccc2c(c1)C(CC1CCCCC1)(CC1CCCCC1)c1cc(-n3c4ccccc4c4ccccc43)ccc1-2. The number of fused-ring (bicyclic) bond motifs is 9. The van der Waals surface area contributed by atoms with Crippen molar-refractivity contribution in [2.24, 2.45) is 11.8 Å². The van der Waals surface area contributed by atoms with Crippen LogP contribution in [-0.2, 0) is 5.41 Å². The first kappa shape index (κ1) is 31.4. The van der Waals surface area contributed by atoms with Crippen molar-refractivity contribution in [2.75, 3.05) is 0 Å². The average molecular weight is 689 g/mol. The van der Waals surface area contributed by atoms with Crippen molar-refractivity contribution in [1.82, 2.24) is 9.13 Å². The zero-order chi connectivity index (χ0) is 34.9. The molecule has 2 heteroatoms. The average Bonchev–Trinajstić information content (AvgIpc) is 3.82. The van der Waals surface area contributed by atoms with E-state index in [2.05, 4.69) is 143 Å². The molecule has 6 aromatic carbocycles. The van der Waals surface area contributed by atoms with E-state index < -0.39 is 0 Å². The molecule has 8 aromatic rings. The van der Waals surface area contributed by atoms with E-state index in [1.165, 1.54) is 143 Å². The lowest BCUT2D eigenvalue weighted by molar-refractivity contribution is 0.226. The molecule has 0 bridgehead atoms. The molecule has 0 atom stereocenters. The Morgan fingerprint density at radius 3 is 1.09 bits per heavy atom. The summed E-state index contributed by atoms with van der Waals surface area (Å²) in [6.45, 7) is 0. The highest BCUT2D eigenvalue weighted by molar-refractivity contribution is 6.10. The van der Waals surface area contributed by atoms with E-state index in [1.807, 2.05) is 0 Å². The molecule has 2 fully saturated rings. The summed E-state index contributed by atoms with van der Waals surface area (Å²) in [5.74, 6) is 1.53. The van der Waals surface area contributed by atoms with Gasteiger partial charge in [-0.1, -0.05) is 149 Å². The molecule has 0 spiro atoms. The first-order chi connectivity index (χ1) is 26.3. The van der Waals surface area contributed by atoms with E-state index in [4.69, 9.17) is 0 Å². The van der Waals surface area contributed by atoms with Gasteiger partial charge >= 0.3 is 0 Å². The van der Waals surface area contributed by atoms with Crippen LogP contribution >= 0.6 is 0 Å². The molecular formula is C51H48N2. The van der Waals surface area contributed by atoms with Crippen molar-refractivity contribution in [3.63, 3.8) is 0 Å². The predicted molar refractivity (Wildman–Crippen MR) is 224 cm³/mol. The molecule has 0 amide bonds. The number of nitrogens with zero attached hydrogens (tertiary/aromatic N) is 2. The van der Waals surface area contributed by atoms with Crippen molar-refractivity contribution < 1.29 is 0 Å². The maximum Gasteiger partial charge on any atom is 0.0541 e. The second-order valence-corrected chi connectivity index (χ2v) is 16.7. The summed E-state index contributed by atoms with van der Waals surface area (Å²) in [6, 6.07) is 51.1. The van der Waals surface area contributed by atoms with Crippen LogP contribution in [0.3, 0.4) is 0 Å². The van der Waals surface area contributed by atoms with Crippen LogP contribution < -0.4 is 0 Å². The summed E-state index contributed by atoms with van der Waals surface area (Å²) in [6.07, 6.45) is 16.3. The van der Waals surface area contributed by atoms with Crippen LogP contribution in [0, 0.1) is 11.8 Å². The lowest BCUT2D eigenvalue weighted by atomic mass is 9.63. The molecule has 0 radical (unpaired) electrons. The number of aromatic nitrogens is 2.